The second kappa shape index (κ2) is 5.87. The fraction of sp³-hybridized carbons (Fsp3) is 0.125. The number of hydrogen-bond donors (Lipinski definition) is 0. The average molecular weight is 302 g/mol. The van der Waals surface area contributed by atoms with Crippen molar-refractivity contribution in [1.29, 1.82) is 0 Å². The topological polar surface area (TPSA) is 3.24 Å². The normalized spacial score (nSPS) is 10.1. The molecule has 1 nitrogen and oxygen atoms in total. The van der Waals surface area contributed by atoms with E-state index in [9.17, 15) is 0 Å². The summed E-state index contributed by atoms with van der Waals surface area (Å²) >= 11 is 3.47. The van der Waals surface area contributed by atoms with Crippen LogP contribution in [0.5, 0.6) is 0 Å². The zero-order chi connectivity index (χ0) is 13.0. The lowest BCUT2D eigenvalue weighted by atomic mass is 10.2. The Labute approximate surface area is 117 Å². The molecule has 0 aliphatic heterocycles. The van der Waals surface area contributed by atoms with Gasteiger partial charge < -0.3 is 4.90 Å². The SMILES string of the molecule is C=C(C)CN(c1ccccc1)c1ccc(Br)cc1. The third kappa shape index (κ3) is 3.23. The molecule has 0 aromatic heterocycles. The molecular weight excluding hydrogens is 286 g/mol. The van der Waals surface area contributed by atoms with E-state index in [-0.39, 0.29) is 0 Å². The molecule has 2 heteroatoms. The van der Waals surface area contributed by atoms with Gasteiger partial charge in [-0.05, 0) is 43.3 Å². The molecule has 92 valence electrons. The zero-order valence-corrected chi connectivity index (χ0v) is 12.0. The van der Waals surface area contributed by atoms with Crippen LogP contribution in [-0.4, -0.2) is 6.54 Å². The van der Waals surface area contributed by atoms with Gasteiger partial charge in [-0.25, -0.2) is 0 Å². The number of rotatable bonds is 4. The Hall–Kier alpha value is -1.54. The lowest BCUT2D eigenvalue weighted by Gasteiger charge is -2.25. The largest absolute Gasteiger partial charge is 0.337 e. The van der Waals surface area contributed by atoms with Crippen LogP contribution in [0, 0.1) is 0 Å². The molecule has 0 atom stereocenters. The summed E-state index contributed by atoms with van der Waals surface area (Å²) in [4.78, 5) is 2.26. The molecule has 18 heavy (non-hydrogen) atoms. The number of nitrogens with zero attached hydrogens (tertiary/aromatic N) is 1. The minimum atomic E-state index is 0.825. The quantitative estimate of drug-likeness (QED) is 0.705. The summed E-state index contributed by atoms with van der Waals surface area (Å²) in [6.07, 6.45) is 0. The summed E-state index contributed by atoms with van der Waals surface area (Å²) in [5, 5.41) is 0. The number of halogens is 1. The third-order valence-corrected chi connectivity index (χ3v) is 3.16. The van der Waals surface area contributed by atoms with E-state index in [4.69, 9.17) is 0 Å². The fourth-order valence-electron chi connectivity index (χ4n) is 1.83. The number of benzene rings is 2. The molecule has 0 spiro atoms. The van der Waals surface area contributed by atoms with Gasteiger partial charge in [0.05, 0.1) is 0 Å². The van der Waals surface area contributed by atoms with Crippen molar-refractivity contribution in [3.63, 3.8) is 0 Å². The van der Waals surface area contributed by atoms with Gasteiger partial charge >= 0.3 is 0 Å². The molecular formula is C16H16BrN. The van der Waals surface area contributed by atoms with Crippen LogP contribution in [0.2, 0.25) is 0 Å². The highest BCUT2D eigenvalue weighted by atomic mass is 79.9. The lowest BCUT2D eigenvalue weighted by molar-refractivity contribution is 1.04. The van der Waals surface area contributed by atoms with Crippen molar-refractivity contribution in [2.45, 2.75) is 6.92 Å². The number of anilines is 2. The summed E-state index contributed by atoms with van der Waals surface area (Å²) < 4.78 is 1.09. The Bertz CT molecular complexity index is 517. The first-order valence-electron chi connectivity index (χ1n) is 5.89. The summed E-state index contributed by atoms with van der Waals surface area (Å²) in [5.41, 5.74) is 3.50. The van der Waals surface area contributed by atoms with Gasteiger partial charge in [-0.2, -0.15) is 0 Å². The van der Waals surface area contributed by atoms with E-state index in [2.05, 4.69) is 82.9 Å². The van der Waals surface area contributed by atoms with Gasteiger partial charge in [0.15, 0.2) is 0 Å². The van der Waals surface area contributed by atoms with E-state index >= 15 is 0 Å². The monoisotopic (exact) mass is 301 g/mol. The van der Waals surface area contributed by atoms with Crippen molar-refractivity contribution >= 4 is 27.3 Å². The molecule has 0 radical (unpaired) electrons. The minimum absolute atomic E-state index is 0.825. The number of para-hydroxylation sites is 1. The minimum Gasteiger partial charge on any atom is -0.337 e. The van der Waals surface area contributed by atoms with Crippen molar-refractivity contribution in [1.82, 2.24) is 0 Å². The Morgan fingerprint density at radius 1 is 1.00 bits per heavy atom. The van der Waals surface area contributed by atoms with Crippen LogP contribution in [0.1, 0.15) is 6.92 Å². The Morgan fingerprint density at radius 2 is 1.56 bits per heavy atom. The molecule has 0 amide bonds. The van der Waals surface area contributed by atoms with Gasteiger partial charge in [-0.1, -0.05) is 46.3 Å². The standard InChI is InChI=1S/C16H16BrN/c1-13(2)12-18(15-6-4-3-5-7-15)16-10-8-14(17)9-11-16/h3-11H,1,12H2,2H3. The van der Waals surface area contributed by atoms with Gasteiger partial charge in [-0.3, -0.25) is 0 Å². The molecule has 2 aromatic carbocycles. The van der Waals surface area contributed by atoms with Crippen LogP contribution in [0.25, 0.3) is 0 Å². The first-order chi connectivity index (χ1) is 8.66. The highest BCUT2D eigenvalue weighted by Crippen LogP contribution is 2.27. The molecule has 0 N–H and O–H groups in total. The van der Waals surface area contributed by atoms with Crippen molar-refractivity contribution in [3.05, 3.63) is 71.2 Å². The van der Waals surface area contributed by atoms with Crippen LogP contribution in [-0.2, 0) is 0 Å². The van der Waals surface area contributed by atoms with Crippen LogP contribution in [0.15, 0.2) is 71.2 Å². The second-order valence-corrected chi connectivity index (χ2v) is 5.27. The summed E-state index contributed by atoms with van der Waals surface area (Å²) in [6, 6.07) is 18.7. The zero-order valence-electron chi connectivity index (χ0n) is 10.4. The molecule has 0 aliphatic rings. The molecule has 2 aromatic rings. The first kappa shape index (κ1) is 12.9. The van der Waals surface area contributed by atoms with Crippen molar-refractivity contribution in [2.75, 3.05) is 11.4 Å². The van der Waals surface area contributed by atoms with Crippen LogP contribution in [0.3, 0.4) is 0 Å². The Kier molecular flexibility index (Phi) is 4.21. The van der Waals surface area contributed by atoms with E-state index < -0.39 is 0 Å². The predicted molar refractivity (Wildman–Crippen MR) is 82.4 cm³/mol. The maximum absolute atomic E-state index is 4.01. The Morgan fingerprint density at radius 3 is 2.11 bits per heavy atom. The second-order valence-electron chi connectivity index (χ2n) is 4.36. The number of hydrogen-bond acceptors (Lipinski definition) is 1. The molecule has 0 bridgehead atoms. The lowest BCUT2D eigenvalue weighted by Crippen LogP contribution is -2.18. The molecule has 0 heterocycles. The predicted octanol–water partition coefficient (Wildman–Crippen LogP) is 5.16. The smallest absolute Gasteiger partial charge is 0.0436 e. The molecule has 0 aliphatic carbocycles. The highest BCUT2D eigenvalue weighted by Gasteiger charge is 2.08. The van der Waals surface area contributed by atoms with E-state index in [0.717, 1.165) is 16.6 Å². The van der Waals surface area contributed by atoms with E-state index in [0.29, 0.717) is 0 Å². The van der Waals surface area contributed by atoms with Gasteiger partial charge in [0, 0.05) is 22.4 Å². The van der Waals surface area contributed by atoms with Gasteiger partial charge in [0.2, 0.25) is 0 Å². The maximum atomic E-state index is 4.01. The first-order valence-corrected chi connectivity index (χ1v) is 6.68. The molecule has 0 fully saturated rings. The van der Waals surface area contributed by atoms with Crippen LogP contribution < -0.4 is 4.90 Å². The van der Waals surface area contributed by atoms with Gasteiger partial charge in [0.25, 0.3) is 0 Å². The summed E-state index contributed by atoms with van der Waals surface area (Å²) in [5.74, 6) is 0. The van der Waals surface area contributed by atoms with Crippen LogP contribution >= 0.6 is 15.9 Å². The summed E-state index contributed by atoms with van der Waals surface area (Å²) in [6.45, 7) is 6.89. The van der Waals surface area contributed by atoms with Crippen molar-refractivity contribution in [2.24, 2.45) is 0 Å². The molecule has 0 saturated carbocycles. The van der Waals surface area contributed by atoms with Crippen molar-refractivity contribution < 1.29 is 0 Å². The van der Waals surface area contributed by atoms with E-state index in [1.165, 1.54) is 11.4 Å². The van der Waals surface area contributed by atoms with Gasteiger partial charge in [-0.15, -0.1) is 0 Å². The maximum Gasteiger partial charge on any atom is 0.0436 e. The average Bonchev–Trinajstić information content (AvgIpc) is 2.38. The fourth-order valence-corrected chi connectivity index (χ4v) is 2.09. The summed E-state index contributed by atoms with van der Waals surface area (Å²) in [7, 11) is 0. The highest BCUT2D eigenvalue weighted by molar-refractivity contribution is 9.10. The van der Waals surface area contributed by atoms with Crippen molar-refractivity contribution in [3.8, 4) is 0 Å². The van der Waals surface area contributed by atoms with E-state index in [1.54, 1.807) is 0 Å². The molecule has 0 saturated heterocycles. The Balaban J connectivity index is 2.36. The molecule has 2 rings (SSSR count). The third-order valence-electron chi connectivity index (χ3n) is 2.63. The molecule has 0 unspecified atom stereocenters. The van der Waals surface area contributed by atoms with Gasteiger partial charge in [0.1, 0.15) is 0 Å². The van der Waals surface area contributed by atoms with E-state index in [1.807, 2.05) is 6.07 Å². The van der Waals surface area contributed by atoms with Crippen LogP contribution in [0.4, 0.5) is 11.4 Å².